The summed E-state index contributed by atoms with van der Waals surface area (Å²) in [7, 11) is 0. The van der Waals surface area contributed by atoms with E-state index in [1.165, 1.54) is 0 Å². The SMILES string of the molecule is N=C1NC(c2cccc(-c3cccc(Cl)c3)c2)(C2CC2)C(=O)N1CC1CCCO1. The van der Waals surface area contributed by atoms with E-state index in [-0.39, 0.29) is 23.9 Å². The van der Waals surface area contributed by atoms with Crippen LogP contribution in [0.15, 0.2) is 48.5 Å². The molecule has 29 heavy (non-hydrogen) atoms. The van der Waals surface area contributed by atoms with Crippen LogP contribution in [0.5, 0.6) is 0 Å². The van der Waals surface area contributed by atoms with E-state index in [9.17, 15) is 4.79 Å². The van der Waals surface area contributed by atoms with Gasteiger partial charge in [0, 0.05) is 11.6 Å². The quantitative estimate of drug-likeness (QED) is 0.779. The summed E-state index contributed by atoms with van der Waals surface area (Å²) in [5.74, 6) is 0.369. The third kappa shape index (κ3) is 3.22. The van der Waals surface area contributed by atoms with Crippen molar-refractivity contribution in [2.45, 2.75) is 37.3 Å². The molecule has 2 aromatic rings. The summed E-state index contributed by atoms with van der Waals surface area (Å²) in [5.41, 5.74) is 2.09. The second kappa shape index (κ2) is 7.15. The van der Waals surface area contributed by atoms with Crippen molar-refractivity contribution in [1.82, 2.24) is 10.2 Å². The molecule has 1 aliphatic carbocycles. The number of carbonyl (C=O) groups is 1. The molecule has 1 saturated carbocycles. The highest BCUT2D eigenvalue weighted by Crippen LogP contribution is 2.49. The van der Waals surface area contributed by atoms with Crippen molar-refractivity contribution < 1.29 is 9.53 Å². The van der Waals surface area contributed by atoms with E-state index in [2.05, 4.69) is 11.4 Å². The molecular formula is C23H24ClN3O2. The number of nitrogens with one attached hydrogen (secondary N) is 2. The maximum absolute atomic E-state index is 13.7. The molecular weight excluding hydrogens is 386 g/mol. The predicted octanol–water partition coefficient (Wildman–Crippen LogP) is 4.16. The number of benzene rings is 2. The van der Waals surface area contributed by atoms with Crippen molar-refractivity contribution >= 4 is 23.5 Å². The molecule has 2 heterocycles. The molecule has 0 spiro atoms. The van der Waals surface area contributed by atoms with Gasteiger partial charge in [0.05, 0.1) is 12.6 Å². The summed E-state index contributed by atoms with van der Waals surface area (Å²) >= 11 is 6.18. The fourth-order valence-corrected chi connectivity index (χ4v) is 4.82. The molecule has 2 aliphatic heterocycles. The Morgan fingerprint density at radius 1 is 1.14 bits per heavy atom. The Morgan fingerprint density at radius 3 is 2.59 bits per heavy atom. The predicted molar refractivity (Wildman–Crippen MR) is 113 cm³/mol. The van der Waals surface area contributed by atoms with Crippen LogP contribution in [0.1, 0.15) is 31.2 Å². The summed E-state index contributed by atoms with van der Waals surface area (Å²) in [6.45, 7) is 1.19. The minimum absolute atomic E-state index is 0.0221. The number of rotatable bonds is 5. The number of guanidine groups is 1. The molecule has 2 saturated heterocycles. The monoisotopic (exact) mass is 409 g/mol. The van der Waals surface area contributed by atoms with Crippen molar-refractivity contribution in [3.63, 3.8) is 0 Å². The van der Waals surface area contributed by atoms with Gasteiger partial charge in [-0.25, -0.2) is 0 Å². The minimum atomic E-state index is -0.857. The van der Waals surface area contributed by atoms with Crippen molar-refractivity contribution in [1.29, 1.82) is 5.41 Å². The summed E-state index contributed by atoms with van der Waals surface area (Å²) in [5, 5.41) is 12.5. The number of hydrogen-bond acceptors (Lipinski definition) is 3. The Morgan fingerprint density at radius 2 is 1.90 bits per heavy atom. The summed E-state index contributed by atoms with van der Waals surface area (Å²) in [4.78, 5) is 15.2. The Bertz CT molecular complexity index is 968. The molecule has 2 unspecified atom stereocenters. The third-order valence-corrected chi connectivity index (χ3v) is 6.48. The zero-order valence-electron chi connectivity index (χ0n) is 16.2. The number of nitrogens with zero attached hydrogens (tertiary/aromatic N) is 1. The summed E-state index contributed by atoms with van der Waals surface area (Å²) in [6.07, 6.45) is 3.96. The van der Waals surface area contributed by atoms with Crippen LogP contribution in [0.3, 0.4) is 0 Å². The van der Waals surface area contributed by atoms with Crippen LogP contribution < -0.4 is 5.32 Å². The molecule has 2 atom stereocenters. The highest BCUT2D eigenvalue weighted by Gasteiger charge is 2.59. The standard InChI is InChI=1S/C23H24ClN3O2/c24-19-7-2-5-16(13-19)15-4-1-6-18(12-15)23(17-9-10-17)21(28)27(22(25)26-23)14-20-8-3-11-29-20/h1-2,4-7,12-13,17,20H,3,8-11,14H2,(H2,25,26). The van der Waals surface area contributed by atoms with Crippen LogP contribution in [0, 0.1) is 11.3 Å². The topological polar surface area (TPSA) is 65.4 Å². The van der Waals surface area contributed by atoms with Crippen molar-refractivity contribution in [2.24, 2.45) is 5.92 Å². The lowest BCUT2D eigenvalue weighted by molar-refractivity contribution is -0.133. The van der Waals surface area contributed by atoms with Crippen LogP contribution in [0.25, 0.3) is 11.1 Å². The van der Waals surface area contributed by atoms with Gasteiger partial charge in [0.1, 0.15) is 5.54 Å². The number of hydrogen-bond donors (Lipinski definition) is 2. The van der Waals surface area contributed by atoms with E-state index < -0.39 is 5.54 Å². The van der Waals surface area contributed by atoms with E-state index in [0.29, 0.717) is 11.6 Å². The van der Waals surface area contributed by atoms with Gasteiger partial charge in [-0.2, -0.15) is 0 Å². The maximum Gasteiger partial charge on any atom is 0.260 e. The first kappa shape index (κ1) is 18.6. The molecule has 5 rings (SSSR count). The Kier molecular flexibility index (Phi) is 4.60. The van der Waals surface area contributed by atoms with Gasteiger partial charge in [0.25, 0.3) is 5.91 Å². The van der Waals surface area contributed by atoms with Crippen molar-refractivity contribution in [2.75, 3.05) is 13.2 Å². The third-order valence-electron chi connectivity index (χ3n) is 6.24. The van der Waals surface area contributed by atoms with Gasteiger partial charge >= 0.3 is 0 Å². The Balaban J connectivity index is 1.51. The van der Waals surface area contributed by atoms with Crippen LogP contribution in [0.2, 0.25) is 5.02 Å². The fourth-order valence-electron chi connectivity index (χ4n) is 4.62. The molecule has 5 nitrogen and oxygen atoms in total. The van der Waals surface area contributed by atoms with E-state index in [1.54, 1.807) is 4.90 Å². The van der Waals surface area contributed by atoms with E-state index >= 15 is 0 Å². The van der Waals surface area contributed by atoms with Gasteiger partial charge in [-0.3, -0.25) is 15.1 Å². The van der Waals surface area contributed by atoms with Gasteiger partial charge < -0.3 is 10.1 Å². The molecule has 2 N–H and O–H groups in total. The smallest absolute Gasteiger partial charge is 0.260 e. The lowest BCUT2D eigenvalue weighted by Gasteiger charge is -2.28. The normalized spacial score (nSPS) is 26.8. The second-order valence-electron chi connectivity index (χ2n) is 8.20. The average Bonchev–Trinajstić information content (AvgIpc) is 3.39. The Hall–Kier alpha value is -2.37. The van der Waals surface area contributed by atoms with Crippen LogP contribution in [0.4, 0.5) is 0 Å². The minimum Gasteiger partial charge on any atom is -0.376 e. The van der Waals surface area contributed by atoms with Crippen LogP contribution in [-0.2, 0) is 15.1 Å². The van der Waals surface area contributed by atoms with Crippen molar-refractivity contribution in [3.05, 3.63) is 59.1 Å². The lowest BCUT2D eigenvalue weighted by atomic mass is 9.83. The summed E-state index contributed by atoms with van der Waals surface area (Å²) in [6, 6.07) is 15.8. The largest absolute Gasteiger partial charge is 0.376 e. The zero-order chi connectivity index (χ0) is 20.0. The van der Waals surface area contributed by atoms with Gasteiger partial charge in [-0.1, -0.05) is 41.9 Å². The molecule has 0 aromatic heterocycles. The number of carbonyl (C=O) groups excluding carboxylic acids is 1. The molecule has 150 valence electrons. The highest BCUT2D eigenvalue weighted by atomic mass is 35.5. The van der Waals surface area contributed by atoms with Gasteiger partial charge in [0.2, 0.25) is 0 Å². The molecule has 3 aliphatic rings. The van der Waals surface area contributed by atoms with E-state index in [1.807, 2.05) is 42.5 Å². The maximum atomic E-state index is 13.7. The molecule has 0 bridgehead atoms. The van der Waals surface area contributed by atoms with Crippen LogP contribution in [-0.4, -0.2) is 36.0 Å². The first-order chi connectivity index (χ1) is 14.1. The molecule has 3 fully saturated rings. The van der Waals surface area contributed by atoms with Crippen molar-refractivity contribution in [3.8, 4) is 11.1 Å². The second-order valence-corrected chi connectivity index (χ2v) is 8.63. The van der Waals surface area contributed by atoms with E-state index in [4.69, 9.17) is 21.7 Å². The molecule has 2 aromatic carbocycles. The first-order valence-electron chi connectivity index (χ1n) is 10.2. The number of halogens is 1. The van der Waals surface area contributed by atoms with Gasteiger partial charge in [-0.15, -0.1) is 0 Å². The first-order valence-corrected chi connectivity index (χ1v) is 10.6. The molecule has 0 radical (unpaired) electrons. The number of amides is 1. The fraction of sp³-hybridized carbons (Fsp3) is 0.391. The summed E-state index contributed by atoms with van der Waals surface area (Å²) < 4.78 is 5.72. The van der Waals surface area contributed by atoms with E-state index in [0.717, 1.165) is 49.0 Å². The lowest BCUT2D eigenvalue weighted by Crippen LogP contribution is -2.46. The number of ether oxygens (including phenoxy) is 1. The highest BCUT2D eigenvalue weighted by molar-refractivity contribution is 6.30. The molecule has 6 heteroatoms. The molecule has 1 amide bonds. The van der Waals surface area contributed by atoms with Gasteiger partial charge in [-0.05, 0) is 66.5 Å². The Labute approximate surface area is 175 Å². The van der Waals surface area contributed by atoms with Gasteiger partial charge in [0.15, 0.2) is 5.96 Å². The van der Waals surface area contributed by atoms with Crippen LogP contribution >= 0.6 is 11.6 Å². The zero-order valence-corrected chi connectivity index (χ0v) is 16.9. The average molecular weight is 410 g/mol.